The molecule has 1 saturated heterocycles. The molecule has 0 unspecified atom stereocenters. The smallest absolute Gasteiger partial charge is 0.234 e. The van der Waals surface area contributed by atoms with Crippen LogP contribution in [0.4, 0.5) is 0 Å². The molecule has 1 amide bonds. The predicted molar refractivity (Wildman–Crippen MR) is 97.4 cm³/mol. The molecule has 132 valence electrons. The van der Waals surface area contributed by atoms with E-state index in [1.807, 2.05) is 30.3 Å². The average Bonchev–Trinajstić information content (AvgIpc) is 3.08. The first kappa shape index (κ1) is 17.4. The molecule has 1 aromatic heterocycles. The highest BCUT2D eigenvalue weighted by Gasteiger charge is 2.27. The van der Waals surface area contributed by atoms with Gasteiger partial charge in [-0.25, -0.2) is 0 Å². The van der Waals surface area contributed by atoms with Crippen molar-refractivity contribution in [2.45, 2.75) is 31.8 Å². The second kappa shape index (κ2) is 8.62. The van der Waals surface area contributed by atoms with Crippen LogP contribution in [-0.2, 0) is 17.8 Å². The van der Waals surface area contributed by atoms with Crippen LogP contribution in [0.2, 0.25) is 0 Å². The molecule has 1 aliphatic rings. The summed E-state index contributed by atoms with van der Waals surface area (Å²) in [6, 6.07) is 12.4. The lowest BCUT2D eigenvalue weighted by molar-refractivity contribution is -0.122. The van der Waals surface area contributed by atoms with Gasteiger partial charge in [-0.2, -0.15) is 0 Å². The van der Waals surface area contributed by atoms with Crippen LogP contribution in [-0.4, -0.2) is 42.0 Å². The Bertz CT molecular complexity index is 690. The van der Waals surface area contributed by atoms with E-state index in [-0.39, 0.29) is 5.91 Å². The zero-order valence-electron chi connectivity index (χ0n) is 14.6. The Morgan fingerprint density at radius 1 is 1.32 bits per heavy atom. The molecule has 1 N–H and O–H groups in total. The summed E-state index contributed by atoms with van der Waals surface area (Å²) >= 11 is 0. The predicted octanol–water partition coefficient (Wildman–Crippen LogP) is 2.41. The summed E-state index contributed by atoms with van der Waals surface area (Å²) in [6.45, 7) is 1.94. The summed E-state index contributed by atoms with van der Waals surface area (Å²) in [4.78, 5) is 18.6. The molecule has 3 rings (SSSR count). The Morgan fingerprint density at radius 3 is 3.00 bits per heavy atom. The summed E-state index contributed by atoms with van der Waals surface area (Å²) in [5.41, 5.74) is 2.22. The van der Waals surface area contributed by atoms with Crippen LogP contribution in [0.25, 0.3) is 0 Å². The number of ether oxygens (including phenoxy) is 1. The van der Waals surface area contributed by atoms with Crippen LogP contribution >= 0.6 is 0 Å². The molecule has 2 heterocycles. The Hall–Kier alpha value is -2.40. The first-order chi connectivity index (χ1) is 12.3. The number of nitrogens with one attached hydrogen (secondary N) is 1. The van der Waals surface area contributed by atoms with Crippen molar-refractivity contribution in [3.63, 3.8) is 0 Å². The number of carbonyl (C=O) groups excluding carboxylic acids is 1. The van der Waals surface area contributed by atoms with Crippen molar-refractivity contribution in [1.29, 1.82) is 0 Å². The highest BCUT2D eigenvalue weighted by molar-refractivity contribution is 5.78. The monoisotopic (exact) mass is 339 g/mol. The number of nitrogens with zero attached hydrogens (tertiary/aromatic N) is 2. The average molecular weight is 339 g/mol. The molecule has 5 heteroatoms. The van der Waals surface area contributed by atoms with Crippen molar-refractivity contribution in [3.05, 3.63) is 59.9 Å². The minimum atomic E-state index is 0.0655. The van der Waals surface area contributed by atoms with Crippen molar-refractivity contribution in [3.8, 4) is 5.75 Å². The lowest BCUT2D eigenvalue weighted by atomic mass is 10.0. The lowest BCUT2D eigenvalue weighted by Gasteiger charge is -2.24. The highest BCUT2D eigenvalue weighted by atomic mass is 16.5. The van der Waals surface area contributed by atoms with Crippen LogP contribution in [0.5, 0.6) is 5.75 Å². The Morgan fingerprint density at radius 2 is 2.20 bits per heavy atom. The van der Waals surface area contributed by atoms with E-state index in [0.29, 0.717) is 19.1 Å². The number of rotatable bonds is 7. The topological polar surface area (TPSA) is 54.5 Å². The molecule has 1 aromatic carbocycles. The summed E-state index contributed by atoms with van der Waals surface area (Å²) in [7, 11) is 1.71. The van der Waals surface area contributed by atoms with Crippen molar-refractivity contribution in [2.75, 3.05) is 20.2 Å². The molecule has 0 saturated carbocycles. The van der Waals surface area contributed by atoms with Gasteiger partial charge in [-0.3, -0.25) is 14.7 Å². The number of para-hydroxylation sites is 1. The van der Waals surface area contributed by atoms with E-state index in [9.17, 15) is 4.79 Å². The van der Waals surface area contributed by atoms with E-state index < -0.39 is 0 Å². The number of hydrogen-bond donors (Lipinski definition) is 1. The largest absolute Gasteiger partial charge is 0.496 e. The standard InChI is InChI=1S/C20H25N3O2/c1-25-19-9-3-2-7-17(19)12-18-8-5-11-23(18)15-20(24)22-14-16-6-4-10-21-13-16/h2-4,6-7,9-10,13,18H,5,8,11-12,14-15H2,1H3,(H,22,24)/t18-/m0/s1. The van der Waals surface area contributed by atoms with E-state index in [1.165, 1.54) is 5.56 Å². The number of amides is 1. The molecule has 0 spiro atoms. The molecule has 0 bridgehead atoms. The molecule has 25 heavy (non-hydrogen) atoms. The van der Waals surface area contributed by atoms with Gasteiger partial charge in [0.15, 0.2) is 0 Å². The minimum Gasteiger partial charge on any atom is -0.496 e. The van der Waals surface area contributed by atoms with Crippen LogP contribution < -0.4 is 10.1 Å². The number of benzene rings is 1. The van der Waals surface area contributed by atoms with Crippen molar-refractivity contribution < 1.29 is 9.53 Å². The van der Waals surface area contributed by atoms with E-state index in [0.717, 1.165) is 37.1 Å². The quantitative estimate of drug-likeness (QED) is 0.842. The zero-order chi connectivity index (χ0) is 17.5. The van der Waals surface area contributed by atoms with Crippen LogP contribution in [0, 0.1) is 0 Å². The van der Waals surface area contributed by atoms with E-state index >= 15 is 0 Å². The number of pyridine rings is 1. The molecule has 1 fully saturated rings. The fourth-order valence-corrected chi connectivity index (χ4v) is 3.40. The maximum atomic E-state index is 12.3. The number of hydrogen-bond acceptors (Lipinski definition) is 4. The minimum absolute atomic E-state index is 0.0655. The molecule has 1 atom stereocenters. The third kappa shape index (κ3) is 4.79. The fraction of sp³-hybridized carbons (Fsp3) is 0.400. The Kier molecular flexibility index (Phi) is 6.01. The maximum Gasteiger partial charge on any atom is 0.234 e. The number of aromatic nitrogens is 1. The van der Waals surface area contributed by atoms with Crippen LogP contribution in [0.3, 0.4) is 0 Å². The molecular formula is C20H25N3O2. The third-order valence-corrected chi connectivity index (χ3v) is 4.71. The number of methoxy groups -OCH3 is 1. The number of carbonyl (C=O) groups is 1. The van der Waals surface area contributed by atoms with Gasteiger partial charge in [-0.05, 0) is 49.1 Å². The molecule has 0 aliphatic carbocycles. The normalized spacial score (nSPS) is 17.4. The summed E-state index contributed by atoms with van der Waals surface area (Å²) in [6.07, 6.45) is 6.68. The van der Waals surface area contributed by atoms with Gasteiger partial charge >= 0.3 is 0 Å². The fourth-order valence-electron chi connectivity index (χ4n) is 3.40. The molecule has 0 radical (unpaired) electrons. The first-order valence-electron chi connectivity index (χ1n) is 8.78. The van der Waals surface area contributed by atoms with Gasteiger partial charge in [0.25, 0.3) is 0 Å². The number of likely N-dealkylation sites (tertiary alicyclic amines) is 1. The molecule has 2 aromatic rings. The molecule has 5 nitrogen and oxygen atoms in total. The van der Waals surface area contributed by atoms with Gasteiger partial charge in [0.1, 0.15) is 5.75 Å². The van der Waals surface area contributed by atoms with E-state index in [2.05, 4.69) is 21.3 Å². The van der Waals surface area contributed by atoms with Gasteiger partial charge in [-0.1, -0.05) is 24.3 Å². The van der Waals surface area contributed by atoms with Gasteiger partial charge < -0.3 is 10.1 Å². The summed E-state index contributed by atoms with van der Waals surface area (Å²) in [5, 5.41) is 2.99. The maximum absolute atomic E-state index is 12.3. The Labute approximate surface area is 149 Å². The summed E-state index contributed by atoms with van der Waals surface area (Å²) in [5.74, 6) is 0.992. The van der Waals surface area contributed by atoms with Crippen molar-refractivity contribution in [2.24, 2.45) is 0 Å². The van der Waals surface area contributed by atoms with Gasteiger partial charge in [0.05, 0.1) is 13.7 Å². The molecular weight excluding hydrogens is 314 g/mol. The van der Waals surface area contributed by atoms with Gasteiger partial charge in [0.2, 0.25) is 5.91 Å². The van der Waals surface area contributed by atoms with Crippen molar-refractivity contribution >= 4 is 5.91 Å². The lowest BCUT2D eigenvalue weighted by Crippen LogP contribution is -2.40. The SMILES string of the molecule is COc1ccccc1C[C@@H]1CCCN1CC(=O)NCc1cccnc1. The second-order valence-electron chi connectivity index (χ2n) is 6.42. The second-order valence-corrected chi connectivity index (χ2v) is 6.42. The third-order valence-electron chi connectivity index (χ3n) is 4.71. The molecule has 1 aliphatic heterocycles. The van der Waals surface area contributed by atoms with E-state index in [4.69, 9.17) is 4.74 Å². The van der Waals surface area contributed by atoms with Gasteiger partial charge in [0, 0.05) is 25.0 Å². The van der Waals surface area contributed by atoms with Crippen LogP contribution in [0.15, 0.2) is 48.8 Å². The zero-order valence-corrected chi connectivity index (χ0v) is 14.6. The van der Waals surface area contributed by atoms with E-state index in [1.54, 1.807) is 19.5 Å². The summed E-state index contributed by atoms with van der Waals surface area (Å²) < 4.78 is 5.46. The first-order valence-corrected chi connectivity index (χ1v) is 8.78. The van der Waals surface area contributed by atoms with Crippen molar-refractivity contribution in [1.82, 2.24) is 15.2 Å². The van der Waals surface area contributed by atoms with Gasteiger partial charge in [-0.15, -0.1) is 0 Å². The Balaban J connectivity index is 1.53. The highest BCUT2D eigenvalue weighted by Crippen LogP contribution is 2.25. The van der Waals surface area contributed by atoms with Crippen LogP contribution in [0.1, 0.15) is 24.0 Å².